The standard InChI is InChI=1S/C14H19ClN2O/c1-14(5-7-16-8-6-14)10-17-13(18)11-3-2-4-12(15)9-11/h2-4,9,16H,5-8,10H2,1H3,(H,17,18). The third-order valence-electron chi connectivity index (χ3n) is 3.57. The summed E-state index contributed by atoms with van der Waals surface area (Å²) >= 11 is 5.88. The first-order valence-corrected chi connectivity index (χ1v) is 6.71. The zero-order chi connectivity index (χ0) is 13.0. The average molecular weight is 267 g/mol. The Labute approximate surface area is 113 Å². The van der Waals surface area contributed by atoms with Gasteiger partial charge in [-0.1, -0.05) is 24.6 Å². The fraction of sp³-hybridized carbons (Fsp3) is 0.500. The minimum Gasteiger partial charge on any atom is -0.351 e. The van der Waals surface area contributed by atoms with Crippen molar-refractivity contribution < 1.29 is 4.79 Å². The molecule has 0 atom stereocenters. The highest BCUT2D eigenvalue weighted by atomic mass is 35.5. The van der Waals surface area contributed by atoms with Gasteiger partial charge in [-0.25, -0.2) is 0 Å². The maximum absolute atomic E-state index is 12.0. The number of amides is 1. The van der Waals surface area contributed by atoms with Crippen molar-refractivity contribution in [2.24, 2.45) is 5.41 Å². The van der Waals surface area contributed by atoms with Crippen LogP contribution in [0, 0.1) is 5.41 Å². The number of carbonyl (C=O) groups excluding carboxylic acids is 1. The number of rotatable bonds is 3. The highest BCUT2D eigenvalue weighted by Crippen LogP contribution is 2.26. The molecular formula is C14H19ClN2O. The second-order valence-corrected chi connectivity index (χ2v) is 5.69. The third kappa shape index (κ3) is 3.47. The second kappa shape index (κ2) is 5.72. The predicted molar refractivity (Wildman–Crippen MR) is 74.0 cm³/mol. The molecule has 0 bridgehead atoms. The molecule has 0 unspecified atom stereocenters. The van der Waals surface area contributed by atoms with E-state index in [1.165, 1.54) is 0 Å². The van der Waals surface area contributed by atoms with E-state index in [2.05, 4.69) is 17.6 Å². The molecule has 0 saturated carbocycles. The Hall–Kier alpha value is -1.06. The molecule has 0 aromatic heterocycles. The molecule has 3 nitrogen and oxygen atoms in total. The third-order valence-corrected chi connectivity index (χ3v) is 3.81. The summed E-state index contributed by atoms with van der Waals surface area (Å²) in [5.41, 5.74) is 0.833. The number of piperidine rings is 1. The van der Waals surface area contributed by atoms with Crippen LogP contribution in [0.5, 0.6) is 0 Å². The van der Waals surface area contributed by atoms with Gasteiger partial charge < -0.3 is 10.6 Å². The molecule has 2 rings (SSSR count). The quantitative estimate of drug-likeness (QED) is 0.882. The van der Waals surface area contributed by atoms with Gasteiger partial charge in [-0.15, -0.1) is 0 Å². The summed E-state index contributed by atoms with van der Waals surface area (Å²) in [5, 5.41) is 6.94. The minimum atomic E-state index is -0.0442. The van der Waals surface area contributed by atoms with Crippen molar-refractivity contribution >= 4 is 17.5 Å². The Morgan fingerprint density at radius 2 is 2.17 bits per heavy atom. The molecule has 2 N–H and O–H groups in total. The summed E-state index contributed by atoms with van der Waals surface area (Å²) in [6.07, 6.45) is 2.20. The highest BCUT2D eigenvalue weighted by molar-refractivity contribution is 6.30. The van der Waals surface area contributed by atoms with Crippen molar-refractivity contribution in [2.75, 3.05) is 19.6 Å². The number of hydrogen-bond donors (Lipinski definition) is 2. The molecule has 18 heavy (non-hydrogen) atoms. The monoisotopic (exact) mass is 266 g/mol. The van der Waals surface area contributed by atoms with Crippen molar-refractivity contribution in [3.05, 3.63) is 34.9 Å². The van der Waals surface area contributed by atoms with E-state index in [-0.39, 0.29) is 11.3 Å². The molecule has 0 radical (unpaired) electrons. The van der Waals surface area contributed by atoms with E-state index in [9.17, 15) is 4.79 Å². The van der Waals surface area contributed by atoms with Crippen LogP contribution in [0.15, 0.2) is 24.3 Å². The lowest BCUT2D eigenvalue weighted by molar-refractivity contribution is 0.0922. The summed E-state index contributed by atoms with van der Waals surface area (Å²) in [7, 11) is 0. The zero-order valence-electron chi connectivity index (χ0n) is 10.6. The van der Waals surface area contributed by atoms with Crippen LogP contribution in [0.4, 0.5) is 0 Å². The Balaban J connectivity index is 1.92. The van der Waals surface area contributed by atoms with Gasteiger partial charge in [-0.3, -0.25) is 4.79 Å². The maximum atomic E-state index is 12.0. The van der Waals surface area contributed by atoms with Crippen LogP contribution in [0.2, 0.25) is 5.02 Å². The molecule has 4 heteroatoms. The summed E-state index contributed by atoms with van der Waals surface area (Å²) < 4.78 is 0. The molecule has 1 aromatic carbocycles. The molecule has 1 saturated heterocycles. The summed E-state index contributed by atoms with van der Waals surface area (Å²) in [4.78, 5) is 12.0. The highest BCUT2D eigenvalue weighted by Gasteiger charge is 2.27. The minimum absolute atomic E-state index is 0.0442. The van der Waals surface area contributed by atoms with Crippen LogP contribution in [0.25, 0.3) is 0 Å². The molecule has 1 aliphatic rings. The molecule has 1 heterocycles. The van der Waals surface area contributed by atoms with Crippen molar-refractivity contribution in [3.8, 4) is 0 Å². The lowest BCUT2D eigenvalue weighted by Crippen LogP contribution is -2.42. The fourth-order valence-corrected chi connectivity index (χ4v) is 2.42. The molecule has 98 valence electrons. The van der Waals surface area contributed by atoms with Crippen molar-refractivity contribution in [1.82, 2.24) is 10.6 Å². The maximum Gasteiger partial charge on any atom is 0.251 e. The first-order chi connectivity index (χ1) is 8.59. The summed E-state index contributed by atoms with van der Waals surface area (Å²) in [6.45, 7) is 5.01. The summed E-state index contributed by atoms with van der Waals surface area (Å²) in [5.74, 6) is -0.0442. The lowest BCUT2D eigenvalue weighted by Gasteiger charge is -2.34. The molecule has 1 aliphatic heterocycles. The molecule has 1 fully saturated rings. The first kappa shape index (κ1) is 13.4. The molecule has 1 aromatic rings. The van der Waals surface area contributed by atoms with Gasteiger partial charge in [0, 0.05) is 17.1 Å². The van der Waals surface area contributed by atoms with E-state index in [1.807, 2.05) is 0 Å². The lowest BCUT2D eigenvalue weighted by atomic mass is 9.81. The fourth-order valence-electron chi connectivity index (χ4n) is 2.23. The van der Waals surface area contributed by atoms with E-state index in [0.717, 1.165) is 32.5 Å². The SMILES string of the molecule is CC1(CNC(=O)c2cccc(Cl)c2)CCNCC1. The van der Waals surface area contributed by atoms with Crippen LogP contribution >= 0.6 is 11.6 Å². The molecule has 0 aliphatic carbocycles. The van der Waals surface area contributed by atoms with Crippen LogP contribution < -0.4 is 10.6 Å². The Kier molecular flexibility index (Phi) is 4.25. The number of halogens is 1. The Morgan fingerprint density at radius 1 is 1.44 bits per heavy atom. The average Bonchev–Trinajstić information content (AvgIpc) is 2.37. The van der Waals surface area contributed by atoms with Crippen molar-refractivity contribution in [2.45, 2.75) is 19.8 Å². The van der Waals surface area contributed by atoms with E-state index in [0.29, 0.717) is 10.6 Å². The summed E-state index contributed by atoms with van der Waals surface area (Å²) in [6, 6.07) is 7.05. The van der Waals surface area contributed by atoms with Crippen LogP contribution in [0.1, 0.15) is 30.1 Å². The van der Waals surface area contributed by atoms with E-state index in [1.54, 1.807) is 24.3 Å². The zero-order valence-corrected chi connectivity index (χ0v) is 11.4. The van der Waals surface area contributed by atoms with Crippen LogP contribution in [-0.4, -0.2) is 25.5 Å². The molecular weight excluding hydrogens is 248 g/mol. The van der Waals surface area contributed by atoms with Crippen LogP contribution in [0.3, 0.4) is 0 Å². The van der Waals surface area contributed by atoms with Gasteiger partial charge in [-0.05, 0) is 49.5 Å². The van der Waals surface area contributed by atoms with Gasteiger partial charge in [0.2, 0.25) is 0 Å². The normalized spacial score (nSPS) is 18.3. The van der Waals surface area contributed by atoms with Gasteiger partial charge in [-0.2, -0.15) is 0 Å². The van der Waals surface area contributed by atoms with E-state index >= 15 is 0 Å². The Morgan fingerprint density at radius 3 is 2.83 bits per heavy atom. The van der Waals surface area contributed by atoms with Crippen molar-refractivity contribution in [1.29, 1.82) is 0 Å². The van der Waals surface area contributed by atoms with Gasteiger partial charge >= 0.3 is 0 Å². The number of hydrogen-bond acceptors (Lipinski definition) is 2. The van der Waals surface area contributed by atoms with Crippen LogP contribution in [-0.2, 0) is 0 Å². The van der Waals surface area contributed by atoms with Crippen molar-refractivity contribution in [3.63, 3.8) is 0 Å². The topological polar surface area (TPSA) is 41.1 Å². The second-order valence-electron chi connectivity index (χ2n) is 5.25. The van der Waals surface area contributed by atoms with Gasteiger partial charge in [0.1, 0.15) is 0 Å². The largest absolute Gasteiger partial charge is 0.351 e. The molecule has 1 amide bonds. The number of nitrogens with one attached hydrogen (secondary N) is 2. The Bertz CT molecular complexity index is 428. The predicted octanol–water partition coefficient (Wildman–Crippen LogP) is 2.46. The number of benzene rings is 1. The van der Waals surface area contributed by atoms with Gasteiger partial charge in [0.15, 0.2) is 0 Å². The smallest absolute Gasteiger partial charge is 0.251 e. The molecule has 0 spiro atoms. The van der Waals surface area contributed by atoms with Gasteiger partial charge in [0.05, 0.1) is 0 Å². The van der Waals surface area contributed by atoms with E-state index < -0.39 is 0 Å². The van der Waals surface area contributed by atoms with E-state index in [4.69, 9.17) is 11.6 Å². The first-order valence-electron chi connectivity index (χ1n) is 6.34. The number of carbonyl (C=O) groups is 1. The van der Waals surface area contributed by atoms with Gasteiger partial charge in [0.25, 0.3) is 5.91 Å².